The molecule has 3 rings (SSSR count). The van der Waals surface area contributed by atoms with Crippen molar-refractivity contribution in [2.45, 2.75) is 20.0 Å². The first-order valence-electron chi connectivity index (χ1n) is 8.06. The maximum atomic E-state index is 12.6. The molecular weight excluding hydrogens is 304 g/mol. The number of rotatable bonds is 2. The Morgan fingerprint density at radius 3 is 2.83 bits per heavy atom. The number of carbonyl (C=O) groups is 1. The summed E-state index contributed by atoms with van der Waals surface area (Å²) in [6.07, 6.45) is -0.226. The Morgan fingerprint density at radius 2 is 2.08 bits per heavy atom. The fourth-order valence-corrected chi connectivity index (χ4v) is 2.91. The summed E-state index contributed by atoms with van der Waals surface area (Å²) in [5.74, 6) is 0.202. The van der Waals surface area contributed by atoms with Crippen LogP contribution in [0.5, 0.6) is 5.75 Å². The Balaban J connectivity index is 1.69. The van der Waals surface area contributed by atoms with Gasteiger partial charge in [0.15, 0.2) is 0 Å². The van der Waals surface area contributed by atoms with E-state index in [0.29, 0.717) is 19.7 Å². The molecule has 0 radical (unpaired) electrons. The van der Waals surface area contributed by atoms with Crippen molar-refractivity contribution in [3.63, 3.8) is 0 Å². The van der Waals surface area contributed by atoms with Gasteiger partial charge in [-0.3, -0.25) is 0 Å². The van der Waals surface area contributed by atoms with Gasteiger partial charge in [0.05, 0.1) is 13.2 Å². The molecule has 0 aliphatic carbocycles. The summed E-state index contributed by atoms with van der Waals surface area (Å²) in [5, 5.41) is 12.6. The summed E-state index contributed by atoms with van der Waals surface area (Å²) in [6, 6.07) is 12.8. The SMILES string of the molecule is Cc1ccc(NC(=O)N2CCOC(c3cccc(O)c3)C2)c(C)c1. The molecule has 2 N–H and O–H groups in total. The molecule has 1 heterocycles. The first-order valence-corrected chi connectivity index (χ1v) is 8.06. The molecule has 1 aliphatic rings. The Bertz CT molecular complexity index is 745. The summed E-state index contributed by atoms with van der Waals surface area (Å²) in [4.78, 5) is 14.3. The van der Waals surface area contributed by atoms with Crippen LogP contribution in [0, 0.1) is 13.8 Å². The average molecular weight is 326 g/mol. The van der Waals surface area contributed by atoms with Crippen LogP contribution in [0.25, 0.3) is 0 Å². The van der Waals surface area contributed by atoms with Gasteiger partial charge in [-0.2, -0.15) is 0 Å². The molecule has 0 aromatic heterocycles. The minimum absolute atomic E-state index is 0.129. The number of nitrogens with one attached hydrogen (secondary N) is 1. The predicted octanol–water partition coefficient (Wildman–Crippen LogP) is 3.61. The zero-order valence-corrected chi connectivity index (χ0v) is 14.0. The maximum absolute atomic E-state index is 12.6. The lowest BCUT2D eigenvalue weighted by Gasteiger charge is -2.33. The van der Waals surface area contributed by atoms with Gasteiger partial charge in [-0.1, -0.05) is 29.8 Å². The van der Waals surface area contributed by atoms with Gasteiger partial charge in [-0.15, -0.1) is 0 Å². The fourth-order valence-electron chi connectivity index (χ4n) is 2.91. The van der Waals surface area contributed by atoms with Crippen LogP contribution in [-0.4, -0.2) is 35.7 Å². The summed E-state index contributed by atoms with van der Waals surface area (Å²) in [6.45, 7) is 5.49. The van der Waals surface area contributed by atoms with Crippen molar-refractivity contribution in [3.05, 3.63) is 59.2 Å². The van der Waals surface area contributed by atoms with Crippen LogP contribution in [0.3, 0.4) is 0 Å². The van der Waals surface area contributed by atoms with Gasteiger partial charge in [0, 0.05) is 12.2 Å². The smallest absolute Gasteiger partial charge is 0.322 e. The highest BCUT2D eigenvalue weighted by atomic mass is 16.5. The molecule has 1 saturated heterocycles. The highest BCUT2D eigenvalue weighted by Crippen LogP contribution is 2.25. The summed E-state index contributed by atoms with van der Waals surface area (Å²) < 4.78 is 5.76. The highest BCUT2D eigenvalue weighted by molar-refractivity contribution is 5.90. The van der Waals surface area contributed by atoms with Crippen molar-refractivity contribution in [3.8, 4) is 5.75 Å². The average Bonchev–Trinajstić information content (AvgIpc) is 2.57. The first kappa shape index (κ1) is 16.3. The third-order valence-corrected chi connectivity index (χ3v) is 4.22. The van der Waals surface area contributed by atoms with Gasteiger partial charge in [0.1, 0.15) is 11.9 Å². The Hall–Kier alpha value is -2.53. The monoisotopic (exact) mass is 326 g/mol. The number of phenols is 1. The molecule has 2 aromatic rings. The molecule has 24 heavy (non-hydrogen) atoms. The lowest BCUT2D eigenvalue weighted by molar-refractivity contribution is -0.0135. The highest BCUT2D eigenvalue weighted by Gasteiger charge is 2.25. The van der Waals surface area contributed by atoms with E-state index in [2.05, 4.69) is 5.32 Å². The lowest BCUT2D eigenvalue weighted by Crippen LogP contribution is -2.44. The number of nitrogens with zero attached hydrogens (tertiary/aromatic N) is 1. The van der Waals surface area contributed by atoms with Crippen LogP contribution in [0.4, 0.5) is 10.5 Å². The molecule has 1 atom stereocenters. The van der Waals surface area contributed by atoms with Crippen molar-refractivity contribution in [2.24, 2.45) is 0 Å². The van der Waals surface area contributed by atoms with Gasteiger partial charge >= 0.3 is 6.03 Å². The van der Waals surface area contributed by atoms with Crippen LogP contribution >= 0.6 is 0 Å². The summed E-state index contributed by atoms with van der Waals surface area (Å²) in [5.41, 5.74) is 3.91. The minimum Gasteiger partial charge on any atom is -0.508 e. The molecule has 0 saturated carbocycles. The van der Waals surface area contributed by atoms with Gasteiger partial charge in [0.2, 0.25) is 0 Å². The summed E-state index contributed by atoms with van der Waals surface area (Å²) >= 11 is 0. The molecule has 0 spiro atoms. The van der Waals surface area contributed by atoms with E-state index in [4.69, 9.17) is 4.74 Å². The van der Waals surface area contributed by atoms with Crippen LogP contribution in [0.1, 0.15) is 22.8 Å². The second kappa shape index (κ2) is 6.93. The van der Waals surface area contributed by atoms with E-state index in [1.807, 2.05) is 38.1 Å². The summed E-state index contributed by atoms with van der Waals surface area (Å²) in [7, 11) is 0. The predicted molar refractivity (Wildman–Crippen MR) is 93.3 cm³/mol. The maximum Gasteiger partial charge on any atom is 0.322 e. The van der Waals surface area contributed by atoms with E-state index in [0.717, 1.165) is 16.8 Å². The third kappa shape index (κ3) is 3.68. The molecule has 2 amide bonds. The number of aromatic hydroxyl groups is 1. The molecule has 5 nitrogen and oxygen atoms in total. The number of anilines is 1. The topological polar surface area (TPSA) is 61.8 Å². The van der Waals surface area contributed by atoms with Crippen molar-refractivity contribution >= 4 is 11.7 Å². The normalized spacial score (nSPS) is 17.6. The number of ether oxygens (including phenoxy) is 1. The zero-order chi connectivity index (χ0) is 17.1. The van der Waals surface area contributed by atoms with E-state index in [9.17, 15) is 9.90 Å². The number of morpholine rings is 1. The number of amides is 2. The Labute approximate surface area is 141 Å². The second-order valence-electron chi connectivity index (χ2n) is 6.15. The largest absolute Gasteiger partial charge is 0.508 e. The van der Waals surface area contributed by atoms with Crippen LogP contribution in [0.2, 0.25) is 0 Å². The molecule has 5 heteroatoms. The molecule has 1 fully saturated rings. The number of urea groups is 1. The minimum atomic E-state index is -0.226. The van der Waals surface area contributed by atoms with Gasteiger partial charge in [-0.25, -0.2) is 4.79 Å². The standard InChI is InChI=1S/C19H22N2O3/c1-13-6-7-17(14(2)10-13)20-19(23)21-8-9-24-18(12-21)15-4-3-5-16(22)11-15/h3-7,10-11,18,22H,8-9,12H2,1-2H3,(H,20,23). The number of hydrogen-bond donors (Lipinski definition) is 2. The zero-order valence-electron chi connectivity index (χ0n) is 14.0. The number of aryl methyl sites for hydroxylation is 2. The van der Waals surface area contributed by atoms with Crippen molar-refractivity contribution in [1.82, 2.24) is 4.90 Å². The molecule has 0 bridgehead atoms. The van der Waals surface area contributed by atoms with Crippen LogP contribution < -0.4 is 5.32 Å². The lowest BCUT2D eigenvalue weighted by atomic mass is 10.1. The molecule has 2 aromatic carbocycles. The first-order chi connectivity index (χ1) is 11.5. The molecule has 1 unspecified atom stereocenters. The van der Waals surface area contributed by atoms with Gasteiger partial charge in [0.25, 0.3) is 0 Å². The number of phenolic OH excluding ortho intramolecular Hbond substituents is 1. The molecular formula is C19H22N2O3. The van der Waals surface area contributed by atoms with Crippen molar-refractivity contribution in [2.75, 3.05) is 25.0 Å². The number of benzene rings is 2. The van der Waals surface area contributed by atoms with Crippen LogP contribution in [0.15, 0.2) is 42.5 Å². The second-order valence-corrected chi connectivity index (χ2v) is 6.15. The van der Waals surface area contributed by atoms with E-state index in [-0.39, 0.29) is 17.9 Å². The van der Waals surface area contributed by atoms with E-state index in [1.165, 1.54) is 5.56 Å². The number of hydrogen-bond acceptors (Lipinski definition) is 3. The van der Waals surface area contributed by atoms with Crippen LogP contribution in [-0.2, 0) is 4.74 Å². The quantitative estimate of drug-likeness (QED) is 0.886. The number of carbonyl (C=O) groups excluding carboxylic acids is 1. The fraction of sp³-hybridized carbons (Fsp3) is 0.316. The van der Waals surface area contributed by atoms with Crippen molar-refractivity contribution < 1.29 is 14.6 Å². The van der Waals surface area contributed by atoms with E-state index >= 15 is 0 Å². The van der Waals surface area contributed by atoms with Gasteiger partial charge < -0.3 is 20.1 Å². The molecule has 126 valence electrons. The van der Waals surface area contributed by atoms with Crippen molar-refractivity contribution in [1.29, 1.82) is 0 Å². The third-order valence-electron chi connectivity index (χ3n) is 4.22. The van der Waals surface area contributed by atoms with E-state index < -0.39 is 0 Å². The molecule has 1 aliphatic heterocycles. The Kier molecular flexibility index (Phi) is 4.71. The Morgan fingerprint density at radius 1 is 1.25 bits per heavy atom. The van der Waals surface area contributed by atoms with Gasteiger partial charge in [-0.05, 0) is 43.2 Å². The van der Waals surface area contributed by atoms with E-state index in [1.54, 1.807) is 23.1 Å².